The molecule has 1 saturated heterocycles. The summed E-state index contributed by atoms with van der Waals surface area (Å²) in [5.41, 5.74) is 6.64. The molecule has 3 atom stereocenters. The van der Waals surface area contributed by atoms with E-state index in [4.69, 9.17) is 15.3 Å². The van der Waals surface area contributed by atoms with E-state index < -0.39 is 0 Å². The molecule has 0 aromatic heterocycles. The molecule has 0 aliphatic carbocycles. The number of fused-ring (bicyclic) bond motifs is 1. The lowest BCUT2D eigenvalue weighted by Crippen LogP contribution is -2.34. The van der Waals surface area contributed by atoms with Crippen molar-refractivity contribution in [2.24, 2.45) is 16.8 Å². The Hall–Kier alpha value is -0.320. The van der Waals surface area contributed by atoms with E-state index in [0.29, 0.717) is 19.1 Å². The van der Waals surface area contributed by atoms with Crippen LogP contribution in [0.4, 0.5) is 0 Å². The fourth-order valence-corrected chi connectivity index (χ4v) is 1.53. The molecular weight excluding hydrogens is 180 g/mol. The van der Waals surface area contributed by atoms with E-state index >= 15 is 0 Å². The van der Waals surface area contributed by atoms with Crippen LogP contribution in [-0.4, -0.2) is 31.1 Å². The Labute approximate surface area is 77.5 Å². The van der Waals surface area contributed by atoms with Crippen LogP contribution in [0.25, 0.3) is 0 Å². The van der Waals surface area contributed by atoms with E-state index in [2.05, 4.69) is 5.16 Å². The van der Waals surface area contributed by atoms with Crippen molar-refractivity contribution in [1.29, 1.82) is 0 Å². The van der Waals surface area contributed by atoms with E-state index in [0.717, 1.165) is 5.71 Å². The Balaban J connectivity index is 0.000000720. The summed E-state index contributed by atoms with van der Waals surface area (Å²) < 4.78 is 5.23. The lowest BCUT2D eigenvalue weighted by molar-refractivity contribution is 0.0557. The maximum Gasteiger partial charge on any atom is 0.161 e. The molecule has 0 spiro atoms. The van der Waals surface area contributed by atoms with E-state index in [1.54, 1.807) is 0 Å². The number of halogens is 1. The van der Waals surface area contributed by atoms with E-state index in [1.807, 2.05) is 6.92 Å². The molecule has 1 fully saturated rings. The topological polar surface area (TPSA) is 56.8 Å². The highest BCUT2D eigenvalue weighted by Crippen LogP contribution is 2.25. The zero-order valence-electron chi connectivity index (χ0n) is 6.90. The monoisotopic (exact) mass is 192 g/mol. The molecule has 12 heavy (non-hydrogen) atoms. The number of oxime groups is 1. The van der Waals surface area contributed by atoms with Crippen LogP contribution in [0.5, 0.6) is 0 Å². The van der Waals surface area contributed by atoms with Gasteiger partial charge in [0.2, 0.25) is 0 Å². The van der Waals surface area contributed by atoms with Crippen LogP contribution >= 0.6 is 12.4 Å². The van der Waals surface area contributed by atoms with Gasteiger partial charge >= 0.3 is 0 Å². The highest BCUT2D eigenvalue weighted by molar-refractivity contribution is 5.92. The molecule has 2 rings (SSSR count). The minimum absolute atomic E-state index is 0. The van der Waals surface area contributed by atoms with Gasteiger partial charge in [0.15, 0.2) is 6.10 Å². The minimum Gasteiger partial charge on any atom is -0.389 e. The molecule has 5 heteroatoms. The maximum absolute atomic E-state index is 5.69. The number of nitrogens with two attached hydrogens (primary N) is 1. The van der Waals surface area contributed by atoms with Crippen molar-refractivity contribution in [3.63, 3.8) is 0 Å². The summed E-state index contributed by atoms with van der Waals surface area (Å²) in [6, 6.07) is -0.00769. The number of ether oxygens (including phenoxy) is 1. The Bertz CT molecular complexity index is 196. The molecule has 2 aliphatic rings. The first-order chi connectivity index (χ1) is 5.29. The number of hydrogen-bond donors (Lipinski definition) is 1. The number of nitrogens with zero attached hydrogens (tertiary/aromatic N) is 1. The van der Waals surface area contributed by atoms with Crippen molar-refractivity contribution in [2.75, 3.05) is 13.2 Å². The van der Waals surface area contributed by atoms with Crippen LogP contribution in [0.2, 0.25) is 0 Å². The van der Waals surface area contributed by atoms with Gasteiger partial charge in [-0.2, -0.15) is 0 Å². The molecule has 2 heterocycles. The Morgan fingerprint density at radius 2 is 2.33 bits per heavy atom. The standard InChI is InChI=1S/C7H12N2O2.ClH/c1-4(8)7-5-2-10-3-6(5)11-9-7;/h4-6H,2-3,8H2,1H3;1H/t4?,5-,6+;/m0./s1. The van der Waals surface area contributed by atoms with Crippen LogP contribution in [0, 0.1) is 5.92 Å². The summed E-state index contributed by atoms with van der Waals surface area (Å²) in [6.07, 6.45) is 0.135. The predicted octanol–water partition coefficient (Wildman–Crippen LogP) is 0.157. The number of rotatable bonds is 1. The fraction of sp³-hybridized carbons (Fsp3) is 0.857. The second-order valence-electron chi connectivity index (χ2n) is 3.09. The molecule has 0 radical (unpaired) electrons. The van der Waals surface area contributed by atoms with Gasteiger partial charge in [-0.25, -0.2) is 0 Å². The molecule has 0 aromatic rings. The Morgan fingerprint density at radius 1 is 1.58 bits per heavy atom. The van der Waals surface area contributed by atoms with Gasteiger partial charge in [-0.3, -0.25) is 0 Å². The molecular formula is C7H13ClN2O2. The normalized spacial score (nSPS) is 34.7. The molecule has 1 unspecified atom stereocenters. The Kier molecular flexibility index (Phi) is 2.93. The van der Waals surface area contributed by atoms with Crippen LogP contribution in [0.15, 0.2) is 5.16 Å². The summed E-state index contributed by atoms with van der Waals surface area (Å²) in [6.45, 7) is 3.29. The van der Waals surface area contributed by atoms with E-state index in [9.17, 15) is 0 Å². The first-order valence-corrected chi connectivity index (χ1v) is 3.86. The van der Waals surface area contributed by atoms with Gasteiger partial charge in [-0.05, 0) is 6.92 Å². The van der Waals surface area contributed by atoms with E-state index in [-0.39, 0.29) is 24.6 Å². The fourth-order valence-electron chi connectivity index (χ4n) is 1.53. The van der Waals surface area contributed by atoms with Gasteiger partial charge in [0, 0.05) is 6.04 Å². The second kappa shape index (κ2) is 3.60. The van der Waals surface area contributed by atoms with Gasteiger partial charge in [-0.15, -0.1) is 12.4 Å². The maximum atomic E-state index is 5.69. The van der Waals surface area contributed by atoms with Gasteiger partial charge in [-0.1, -0.05) is 5.16 Å². The summed E-state index contributed by atoms with van der Waals surface area (Å²) in [4.78, 5) is 5.13. The largest absolute Gasteiger partial charge is 0.389 e. The van der Waals surface area contributed by atoms with Crippen molar-refractivity contribution in [1.82, 2.24) is 0 Å². The van der Waals surface area contributed by atoms with Crippen molar-refractivity contribution >= 4 is 18.1 Å². The molecule has 4 nitrogen and oxygen atoms in total. The van der Waals surface area contributed by atoms with Crippen LogP contribution in [0.1, 0.15) is 6.92 Å². The van der Waals surface area contributed by atoms with Crippen molar-refractivity contribution < 1.29 is 9.57 Å². The average molecular weight is 193 g/mol. The first kappa shape index (κ1) is 9.77. The third-order valence-corrected chi connectivity index (χ3v) is 2.17. The molecule has 0 saturated carbocycles. The second-order valence-corrected chi connectivity index (χ2v) is 3.09. The van der Waals surface area contributed by atoms with Crippen LogP contribution in [-0.2, 0) is 9.57 Å². The molecule has 0 aromatic carbocycles. The Morgan fingerprint density at radius 3 is 3.00 bits per heavy atom. The summed E-state index contributed by atoms with van der Waals surface area (Å²) >= 11 is 0. The van der Waals surface area contributed by atoms with Gasteiger partial charge in [0.05, 0.1) is 24.8 Å². The van der Waals surface area contributed by atoms with Gasteiger partial charge in [0.1, 0.15) is 0 Å². The SMILES string of the molecule is CC(N)C1=NO[C@@H]2COC[C@H]12.Cl. The third kappa shape index (κ3) is 1.42. The zero-order valence-corrected chi connectivity index (χ0v) is 7.71. The van der Waals surface area contributed by atoms with Crippen molar-refractivity contribution in [2.45, 2.75) is 19.1 Å². The quantitative estimate of drug-likeness (QED) is 0.644. The summed E-state index contributed by atoms with van der Waals surface area (Å²) in [5, 5.41) is 3.93. The van der Waals surface area contributed by atoms with Crippen LogP contribution < -0.4 is 5.73 Å². The van der Waals surface area contributed by atoms with Crippen molar-refractivity contribution in [3.8, 4) is 0 Å². The first-order valence-electron chi connectivity index (χ1n) is 3.86. The third-order valence-electron chi connectivity index (χ3n) is 2.17. The molecule has 2 aliphatic heterocycles. The van der Waals surface area contributed by atoms with Crippen LogP contribution in [0.3, 0.4) is 0 Å². The van der Waals surface area contributed by atoms with E-state index in [1.165, 1.54) is 0 Å². The number of hydrogen-bond acceptors (Lipinski definition) is 4. The van der Waals surface area contributed by atoms with Crippen molar-refractivity contribution in [3.05, 3.63) is 0 Å². The molecule has 0 bridgehead atoms. The molecule has 0 amide bonds. The highest BCUT2D eigenvalue weighted by atomic mass is 35.5. The molecule has 70 valence electrons. The predicted molar refractivity (Wildman–Crippen MR) is 47.5 cm³/mol. The highest BCUT2D eigenvalue weighted by Gasteiger charge is 2.40. The summed E-state index contributed by atoms with van der Waals surface area (Å²) in [5.74, 6) is 0.315. The molecule has 2 N–H and O–H groups in total. The lowest BCUT2D eigenvalue weighted by atomic mass is 9.97. The van der Waals surface area contributed by atoms with Gasteiger partial charge in [0.25, 0.3) is 0 Å². The minimum atomic E-state index is -0.00769. The smallest absolute Gasteiger partial charge is 0.161 e. The summed E-state index contributed by atoms with van der Waals surface area (Å²) in [7, 11) is 0. The lowest BCUT2D eigenvalue weighted by Gasteiger charge is -2.08. The van der Waals surface area contributed by atoms with Gasteiger partial charge < -0.3 is 15.3 Å². The zero-order chi connectivity index (χ0) is 7.84. The average Bonchev–Trinajstić information content (AvgIpc) is 2.41.